The van der Waals surface area contributed by atoms with Gasteiger partial charge in [0.15, 0.2) is 6.29 Å². The van der Waals surface area contributed by atoms with Crippen LogP contribution in [0.2, 0.25) is 0 Å². The number of aliphatic hydroxyl groups is 1. The Morgan fingerprint density at radius 2 is 1.54 bits per heavy atom. The highest BCUT2D eigenvalue weighted by Crippen LogP contribution is 2.40. The zero-order valence-corrected chi connectivity index (χ0v) is 31.8. The van der Waals surface area contributed by atoms with Crippen molar-refractivity contribution in [1.82, 2.24) is 10.3 Å². The molecule has 11 nitrogen and oxygen atoms in total. The lowest BCUT2D eigenvalue weighted by molar-refractivity contribution is -0.245. The second-order valence-corrected chi connectivity index (χ2v) is 14.6. The van der Waals surface area contributed by atoms with Crippen LogP contribution in [0.4, 0.5) is 11.4 Å². The van der Waals surface area contributed by atoms with Gasteiger partial charge in [-0.25, -0.2) is 9.78 Å². The molecule has 1 aromatic heterocycles. The SMILES string of the molecule is Nc1ccccc1NC(=O)CCCCCC(=O)NCc1cccc(-c2cccc(C3OC(CSc4ncccc4C(=O)O)CC(c4ccc(CO)cc4)O3)c2)c1. The number of amides is 2. The van der Waals surface area contributed by atoms with E-state index in [-0.39, 0.29) is 36.2 Å². The molecule has 6 N–H and O–H groups in total. The normalized spacial score (nSPS) is 16.6. The van der Waals surface area contributed by atoms with Gasteiger partial charge in [-0.1, -0.05) is 79.2 Å². The second-order valence-electron chi connectivity index (χ2n) is 13.6. The van der Waals surface area contributed by atoms with Gasteiger partial charge in [-0.15, -0.1) is 11.8 Å². The smallest absolute Gasteiger partial charge is 0.338 e. The van der Waals surface area contributed by atoms with Crippen LogP contribution in [-0.4, -0.2) is 44.8 Å². The second kappa shape index (κ2) is 19.9. The van der Waals surface area contributed by atoms with E-state index in [1.54, 1.807) is 30.5 Å². The van der Waals surface area contributed by atoms with Gasteiger partial charge in [0.2, 0.25) is 11.8 Å². The number of anilines is 2. The van der Waals surface area contributed by atoms with Crippen molar-refractivity contribution in [2.24, 2.45) is 0 Å². The molecule has 1 aliphatic rings. The number of nitrogens with two attached hydrogens (primary N) is 1. The Hall–Kier alpha value is -5.53. The monoisotopic (exact) mass is 774 g/mol. The molecule has 5 aromatic rings. The summed E-state index contributed by atoms with van der Waals surface area (Å²) in [5.41, 5.74) is 12.7. The molecule has 1 aliphatic heterocycles. The number of hydrogen-bond acceptors (Lipinski definition) is 9. The van der Waals surface area contributed by atoms with E-state index in [0.717, 1.165) is 39.8 Å². The first-order valence-corrected chi connectivity index (χ1v) is 19.7. The first-order chi connectivity index (χ1) is 27.2. The summed E-state index contributed by atoms with van der Waals surface area (Å²) >= 11 is 1.34. The number of benzene rings is 4. The number of aromatic carboxylic acids is 1. The standard InChI is InChI=1S/C44H46N4O7S/c45-37-14-4-5-15-38(37)48-41(51)17-3-1-2-16-40(50)47-26-30-9-6-10-32(23-30)33-11-7-12-34(24-33)44-54-35(28-56-42-36(43(52)53)13-8-22-46-42)25-39(55-44)31-20-18-29(27-49)19-21-31/h4-15,18-24,35,39,44,49H,1-3,16-17,25-28,45H2,(H,47,50)(H,48,51)(H,52,53). The molecule has 0 bridgehead atoms. The summed E-state index contributed by atoms with van der Waals surface area (Å²) in [6.45, 7) is 0.334. The number of rotatable bonds is 17. The lowest BCUT2D eigenvalue weighted by atomic mass is 9.99. The topological polar surface area (TPSA) is 173 Å². The summed E-state index contributed by atoms with van der Waals surface area (Å²) in [5.74, 6) is -0.695. The minimum absolute atomic E-state index is 0.0407. The van der Waals surface area contributed by atoms with E-state index in [2.05, 4.69) is 21.7 Å². The molecular weight excluding hydrogens is 729 g/mol. The third-order valence-corrected chi connectivity index (χ3v) is 10.6. The number of carboxylic acids is 1. The third kappa shape index (κ3) is 11.3. The van der Waals surface area contributed by atoms with Crippen LogP contribution in [0.15, 0.2) is 120 Å². The average Bonchev–Trinajstić information content (AvgIpc) is 3.23. The molecule has 0 radical (unpaired) electrons. The largest absolute Gasteiger partial charge is 0.478 e. The van der Waals surface area contributed by atoms with E-state index in [4.69, 9.17) is 15.2 Å². The van der Waals surface area contributed by atoms with Crippen molar-refractivity contribution in [1.29, 1.82) is 0 Å². The van der Waals surface area contributed by atoms with Gasteiger partial charge in [-0.05, 0) is 77.1 Å². The summed E-state index contributed by atoms with van der Waals surface area (Å²) in [6, 6.07) is 34.0. The van der Waals surface area contributed by atoms with Gasteiger partial charge in [-0.2, -0.15) is 0 Å². The number of ether oxygens (including phenoxy) is 2. The lowest BCUT2D eigenvalue weighted by Crippen LogP contribution is -2.31. The number of thioether (sulfide) groups is 1. The van der Waals surface area contributed by atoms with Gasteiger partial charge >= 0.3 is 5.97 Å². The third-order valence-electron chi connectivity index (χ3n) is 9.47. The van der Waals surface area contributed by atoms with Crippen LogP contribution in [0.3, 0.4) is 0 Å². The number of nitrogens with zero attached hydrogens (tertiary/aromatic N) is 1. The molecule has 2 amide bonds. The molecule has 6 rings (SSSR count). The molecule has 290 valence electrons. The number of unbranched alkanes of at least 4 members (excludes halogenated alkanes) is 2. The Bertz CT molecular complexity index is 2110. The number of aromatic nitrogens is 1. The highest BCUT2D eigenvalue weighted by Gasteiger charge is 2.33. The van der Waals surface area contributed by atoms with Crippen LogP contribution in [0, 0.1) is 0 Å². The van der Waals surface area contributed by atoms with Crippen molar-refractivity contribution in [2.75, 3.05) is 16.8 Å². The van der Waals surface area contributed by atoms with Gasteiger partial charge in [-0.3, -0.25) is 9.59 Å². The van der Waals surface area contributed by atoms with Crippen LogP contribution < -0.4 is 16.4 Å². The molecule has 4 aromatic carbocycles. The van der Waals surface area contributed by atoms with E-state index < -0.39 is 12.3 Å². The van der Waals surface area contributed by atoms with Crippen LogP contribution in [0.5, 0.6) is 0 Å². The van der Waals surface area contributed by atoms with E-state index in [9.17, 15) is 24.6 Å². The van der Waals surface area contributed by atoms with E-state index in [0.29, 0.717) is 60.8 Å². The molecule has 1 saturated heterocycles. The van der Waals surface area contributed by atoms with Crippen LogP contribution >= 0.6 is 11.8 Å². The van der Waals surface area contributed by atoms with Crippen molar-refractivity contribution < 1.29 is 34.1 Å². The van der Waals surface area contributed by atoms with Gasteiger partial charge in [0.25, 0.3) is 0 Å². The van der Waals surface area contributed by atoms with Crippen molar-refractivity contribution in [2.45, 2.75) is 75.2 Å². The minimum Gasteiger partial charge on any atom is -0.478 e. The van der Waals surface area contributed by atoms with Crippen LogP contribution in [0.25, 0.3) is 11.1 Å². The highest BCUT2D eigenvalue weighted by atomic mass is 32.2. The Kier molecular flexibility index (Phi) is 14.2. The molecular formula is C44H46N4O7S. The number of pyridine rings is 1. The summed E-state index contributed by atoms with van der Waals surface area (Å²) in [6.07, 6.45) is 3.73. The molecule has 1 fully saturated rings. The predicted octanol–water partition coefficient (Wildman–Crippen LogP) is 8.06. The first-order valence-electron chi connectivity index (χ1n) is 18.7. The summed E-state index contributed by atoms with van der Waals surface area (Å²) in [7, 11) is 0. The van der Waals surface area contributed by atoms with Crippen LogP contribution in [0.1, 0.15) is 83.5 Å². The number of hydrogen-bond donors (Lipinski definition) is 5. The fraction of sp³-hybridized carbons (Fsp3) is 0.273. The van der Waals surface area contributed by atoms with Crippen molar-refractivity contribution in [3.05, 3.63) is 143 Å². The zero-order chi connectivity index (χ0) is 39.3. The van der Waals surface area contributed by atoms with Gasteiger partial charge in [0.1, 0.15) is 5.03 Å². The maximum Gasteiger partial charge on any atom is 0.338 e. The molecule has 0 aliphatic carbocycles. The molecule has 0 saturated carbocycles. The number of nitrogens with one attached hydrogen (secondary N) is 2. The molecule has 3 atom stereocenters. The molecule has 12 heteroatoms. The predicted molar refractivity (Wildman–Crippen MR) is 217 cm³/mol. The summed E-state index contributed by atoms with van der Waals surface area (Å²) < 4.78 is 13.1. The highest BCUT2D eigenvalue weighted by molar-refractivity contribution is 7.99. The zero-order valence-electron chi connectivity index (χ0n) is 30.9. The van der Waals surface area contributed by atoms with E-state index >= 15 is 0 Å². The van der Waals surface area contributed by atoms with Crippen molar-refractivity contribution in [3.63, 3.8) is 0 Å². The molecule has 56 heavy (non-hydrogen) atoms. The fourth-order valence-corrected chi connectivity index (χ4v) is 7.45. The Balaban J connectivity index is 1.05. The number of carboxylic acid groups (broad SMARTS) is 1. The van der Waals surface area contributed by atoms with E-state index in [1.165, 1.54) is 11.8 Å². The maximum absolute atomic E-state index is 12.7. The molecule has 3 unspecified atom stereocenters. The van der Waals surface area contributed by atoms with Gasteiger partial charge < -0.3 is 36.1 Å². The number of carbonyl (C=O) groups is 3. The molecule has 2 heterocycles. The average molecular weight is 775 g/mol. The quantitative estimate of drug-likeness (QED) is 0.0353. The lowest BCUT2D eigenvalue weighted by Gasteiger charge is -2.36. The Morgan fingerprint density at radius 1 is 0.786 bits per heavy atom. The maximum atomic E-state index is 12.7. The van der Waals surface area contributed by atoms with Crippen LogP contribution in [-0.2, 0) is 32.2 Å². The Labute approximate surface area is 330 Å². The number of aliphatic hydroxyl groups excluding tert-OH is 1. The van der Waals surface area contributed by atoms with Crippen molar-refractivity contribution in [3.8, 4) is 11.1 Å². The van der Waals surface area contributed by atoms with Crippen molar-refractivity contribution >= 4 is 40.9 Å². The fourth-order valence-electron chi connectivity index (χ4n) is 6.45. The van der Waals surface area contributed by atoms with Gasteiger partial charge in [0, 0.05) is 43.3 Å². The minimum atomic E-state index is -1.03. The summed E-state index contributed by atoms with van der Waals surface area (Å²) in [4.78, 5) is 41.0. The Morgan fingerprint density at radius 3 is 2.30 bits per heavy atom. The summed E-state index contributed by atoms with van der Waals surface area (Å²) in [5, 5.41) is 25.5. The van der Waals surface area contributed by atoms with Gasteiger partial charge in [0.05, 0.1) is 35.8 Å². The van der Waals surface area contributed by atoms with E-state index in [1.807, 2.05) is 78.9 Å². The number of carbonyl (C=O) groups excluding carboxylic acids is 2. The molecule has 0 spiro atoms. The first kappa shape index (κ1) is 40.1. The number of nitrogen functional groups attached to an aromatic ring is 1. The number of para-hydroxylation sites is 2.